The van der Waals surface area contributed by atoms with Crippen LogP contribution in [0.3, 0.4) is 0 Å². The molecule has 1 N–H and O–H groups in total. The lowest BCUT2D eigenvalue weighted by atomic mass is 9.84. The van der Waals surface area contributed by atoms with Crippen molar-refractivity contribution < 1.29 is 4.80 Å². The van der Waals surface area contributed by atoms with Crippen molar-refractivity contribution in [2.24, 2.45) is 5.41 Å². The van der Waals surface area contributed by atoms with E-state index >= 15 is 0 Å². The lowest BCUT2D eigenvalue weighted by molar-refractivity contribution is 0.305. The monoisotopic (exact) mass is 200 g/mol. The van der Waals surface area contributed by atoms with Gasteiger partial charge in [-0.05, 0) is 24.3 Å². The minimum atomic E-state index is 0.137. The summed E-state index contributed by atoms with van der Waals surface area (Å²) in [5.74, 6) is 0. The first kappa shape index (κ1) is 13.2. The molecule has 2 heteroatoms. The molecule has 0 aromatic rings. The van der Waals surface area contributed by atoms with Crippen LogP contribution < -0.4 is 0 Å². The highest BCUT2D eigenvalue weighted by molar-refractivity contribution is 6.25. The summed E-state index contributed by atoms with van der Waals surface area (Å²) >= 11 is 0. The van der Waals surface area contributed by atoms with E-state index in [1.165, 1.54) is 38.5 Å². The van der Waals surface area contributed by atoms with Gasteiger partial charge in [-0.1, -0.05) is 46.5 Å². The Morgan fingerprint density at radius 2 is 1.77 bits per heavy atom. The van der Waals surface area contributed by atoms with Gasteiger partial charge >= 0.3 is 0 Å². The van der Waals surface area contributed by atoms with E-state index in [0.29, 0.717) is 5.41 Å². The lowest BCUT2D eigenvalue weighted by Gasteiger charge is -2.23. The third-order valence-corrected chi connectivity index (χ3v) is 3.09. The first-order chi connectivity index (χ1) is 6.12. The summed E-state index contributed by atoms with van der Waals surface area (Å²) in [6.45, 7) is 6.89. The van der Waals surface area contributed by atoms with Gasteiger partial charge in [-0.25, -0.2) is 0 Å². The summed E-state index contributed by atoms with van der Waals surface area (Å²) < 4.78 is 0. The molecule has 0 aliphatic rings. The average molecular weight is 200 g/mol. The quantitative estimate of drug-likeness (QED) is 0.470. The number of rotatable bonds is 8. The minimum absolute atomic E-state index is 0.137. The summed E-state index contributed by atoms with van der Waals surface area (Å²) in [6, 6.07) is 0.987. The fraction of sp³-hybridized carbons (Fsp3) is 1.00. The summed E-state index contributed by atoms with van der Waals surface area (Å²) in [5, 5.41) is 0. The van der Waals surface area contributed by atoms with E-state index in [9.17, 15) is 0 Å². The van der Waals surface area contributed by atoms with E-state index in [1.54, 1.807) is 0 Å². The molecule has 1 nitrogen and oxygen atoms in total. The van der Waals surface area contributed by atoms with Crippen molar-refractivity contribution in [1.29, 1.82) is 0 Å². The Morgan fingerprint density at radius 1 is 1.08 bits per heavy atom. The molecule has 0 aromatic heterocycles. The van der Waals surface area contributed by atoms with Gasteiger partial charge in [-0.3, -0.25) is 0 Å². The molecule has 0 aliphatic carbocycles. The average Bonchev–Trinajstić information content (AvgIpc) is 2.09. The lowest BCUT2D eigenvalue weighted by Crippen LogP contribution is -2.12. The van der Waals surface area contributed by atoms with Crippen molar-refractivity contribution in [3.8, 4) is 0 Å². The van der Waals surface area contributed by atoms with Crippen LogP contribution in [-0.4, -0.2) is 14.6 Å². The summed E-state index contributed by atoms with van der Waals surface area (Å²) in [7, 11) is 0.137. The third kappa shape index (κ3) is 8.51. The molecule has 0 heterocycles. The summed E-state index contributed by atoms with van der Waals surface area (Å²) in [4.78, 5) is 8.77. The minimum Gasteiger partial charge on any atom is -0.432 e. The van der Waals surface area contributed by atoms with Crippen molar-refractivity contribution in [2.75, 3.05) is 0 Å². The summed E-state index contributed by atoms with van der Waals surface area (Å²) in [5.41, 5.74) is 0.448. The van der Waals surface area contributed by atoms with E-state index < -0.39 is 0 Å². The molecule has 0 atom stereocenters. The van der Waals surface area contributed by atoms with Crippen LogP contribution in [0, 0.1) is 5.41 Å². The van der Waals surface area contributed by atoms with Gasteiger partial charge < -0.3 is 4.80 Å². The van der Waals surface area contributed by atoms with Crippen LogP contribution in [0.1, 0.15) is 59.3 Å². The topological polar surface area (TPSA) is 20.2 Å². The molecule has 13 heavy (non-hydrogen) atoms. The fourth-order valence-electron chi connectivity index (χ4n) is 1.55. The SMILES string of the molecule is CCCCCCC(C)(C)CC[Si]O. The predicted octanol–water partition coefficient (Wildman–Crippen LogP) is 3.40. The molecular formula is C11H24OSi. The second kappa shape index (κ2) is 7.57. The van der Waals surface area contributed by atoms with Gasteiger partial charge in [0.15, 0.2) is 0 Å². The van der Waals surface area contributed by atoms with Gasteiger partial charge in [0, 0.05) is 0 Å². The second-order valence-electron chi connectivity index (χ2n) is 4.63. The highest BCUT2D eigenvalue weighted by Gasteiger charge is 2.16. The Bertz CT molecular complexity index is 113. The zero-order chi connectivity index (χ0) is 10.2. The first-order valence-corrected chi connectivity index (χ1v) is 6.65. The molecule has 0 amide bonds. The third-order valence-electron chi connectivity index (χ3n) is 2.62. The Kier molecular flexibility index (Phi) is 7.67. The summed E-state index contributed by atoms with van der Waals surface area (Å²) in [6.07, 6.45) is 7.92. The van der Waals surface area contributed by atoms with Crippen molar-refractivity contribution in [3.63, 3.8) is 0 Å². The van der Waals surface area contributed by atoms with Crippen molar-refractivity contribution in [2.45, 2.75) is 65.3 Å². The van der Waals surface area contributed by atoms with Crippen LogP contribution in [-0.2, 0) is 0 Å². The zero-order valence-electron chi connectivity index (χ0n) is 9.40. The molecule has 0 unspecified atom stereocenters. The van der Waals surface area contributed by atoms with Crippen molar-refractivity contribution in [1.82, 2.24) is 0 Å². The van der Waals surface area contributed by atoms with Gasteiger partial charge in [0.05, 0.1) is 0 Å². The maximum Gasteiger partial charge on any atom is 0.224 e. The van der Waals surface area contributed by atoms with Crippen molar-refractivity contribution >= 4 is 9.76 Å². The molecule has 78 valence electrons. The van der Waals surface area contributed by atoms with Crippen LogP contribution >= 0.6 is 0 Å². The van der Waals surface area contributed by atoms with Gasteiger partial charge in [-0.2, -0.15) is 0 Å². The number of unbranched alkanes of at least 4 members (excludes halogenated alkanes) is 3. The molecular weight excluding hydrogens is 176 g/mol. The van der Waals surface area contributed by atoms with Crippen LogP contribution in [0.4, 0.5) is 0 Å². The van der Waals surface area contributed by atoms with Gasteiger partial charge in [0.1, 0.15) is 0 Å². The molecule has 0 saturated carbocycles. The van der Waals surface area contributed by atoms with Crippen LogP contribution in [0.25, 0.3) is 0 Å². The van der Waals surface area contributed by atoms with E-state index in [0.717, 1.165) is 6.04 Å². The molecule has 0 aromatic carbocycles. The normalized spacial score (nSPS) is 12.0. The number of hydrogen-bond acceptors (Lipinski definition) is 1. The Morgan fingerprint density at radius 3 is 2.31 bits per heavy atom. The van der Waals surface area contributed by atoms with Gasteiger partial charge in [-0.15, -0.1) is 0 Å². The van der Waals surface area contributed by atoms with Crippen LogP contribution in [0.5, 0.6) is 0 Å². The molecule has 0 saturated heterocycles. The number of hydrogen-bond donors (Lipinski definition) is 1. The second-order valence-corrected chi connectivity index (χ2v) is 5.45. The van der Waals surface area contributed by atoms with Crippen LogP contribution in [0.15, 0.2) is 0 Å². The van der Waals surface area contributed by atoms with E-state index in [2.05, 4.69) is 20.8 Å². The van der Waals surface area contributed by atoms with E-state index in [4.69, 9.17) is 4.80 Å². The van der Waals surface area contributed by atoms with E-state index in [1.807, 2.05) is 0 Å². The molecule has 0 rings (SSSR count). The maximum atomic E-state index is 8.77. The van der Waals surface area contributed by atoms with E-state index in [-0.39, 0.29) is 9.76 Å². The molecule has 0 bridgehead atoms. The highest BCUT2D eigenvalue weighted by Crippen LogP contribution is 2.29. The Labute approximate surface area is 85.9 Å². The molecule has 0 fully saturated rings. The predicted molar refractivity (Wildman–Crippen MR) is 59.9 cm³/mol. The first-order valence-electron chi connectivity index (χ1n) is 5.49. The largest absolute Gasteiger partial charge is 0.432 e. The highest BCUT2D eigenvalue weighted by atomic mass is 28.2. The Balaban J connectivity index is 3.39. The molecule has 0 aliphatic heterocycles. The molecule has 0 spiro atoms. The van der Waals surface area contributed by atoms with Gasteiger partial charge in [0.2, 0.25) is 9.76 Å². The van der Waals surface area contributed by atoms with Crippen molar-refractivity contribution in [3.05, 3.63) is 0 Å². The molecule has 2 radical (unpaired) electrons. The Hall–Kier alpha value is 0.177. The maximum absolute atomic E-state index is 8.77. The van der Waals surface area contributed by atoms with Crippen LogP contribution in [0.2, 0.25) is 6.04 Å². The fourth-order valence-corrected chi connectivity index (χ4v) is 2.34. The van der Waals surface area contributed by atoms with Gasteiger partial charge in [0.25, 0.3) is 0 Å². The standard InChI is InChI=1S/C11H24OSi/c1-4-5-6-7-8-11(2,3)9-10-13-12/h12H,4-10H2,1-3H3. The zero-order valence-corrected chi connectivity index (χ0v) is 10.4. The smallest absolute Gasteiger partial charge is 0.224 e.